The average Bonchev–Trinajstić information content (AvgIpc) is 3.32. The third-order valence-corrected chi connectivity index (χ3v) is 9.04. The van der Waals surface area contributed by atoms with Gasteiger partial charge in [-0.05, 0) is 116 Å². The summed E-state index contributed by atoms with van der Waals surface area (Å²) in [6.07, 6.45) is 38.6. The highest BCUT2D eigenvalue weighted by Crippen LogP contribution is 2.27. The van der Waals surface area contributed by atoms with Gasteiger partial charge in [-0.3, -0.25) is 0 Å². The molecule has 1 heterocycles. The molecule has 0 bridgehead atoms. The van der Waals surface area contributed by atoms with Gasteiger partial charge >= 0.3 is 0 Å². The van der Waals surface area contributed by atoms with E-state index in [-0.39, 0.29) is 0 Å². The molecule has 1 rings (SSSR count). The lowest BCUT2D eigenvalue weighted by atomic mass is 9.88. The molecular formula is C37H69N. The fraction of sp³-hybridized carbons (Fsp3) is 0.838. The van der Waals surface area contributed by atoms with Gasteiger partial charge in [0, 0.05) is 6.04 Å². The Morgan fingerprint density at radius 3 is 1.79 bits per heavy atom. The number of allylic oxidation sites excluding steroid dienone is 4. The predicted octanol–water partition coefficient (Wildman–Crippen LogP) is 12.4. The molecule has 0 saturated carbocycles. The summed E-state index contributed by atoms with van der Waals surface area (Å²) >= 11 is 0. The topological polar surface area (TPSA) is 3.24 Å². The first-order valence-corrected chi connectivity index (χ1v) is 17.2. The van der Waals surface area contributed by atoms with Crippen LogP contribution in [0.25, 0.3) is 0 Å². The van der Waals surface area contributed by atoms with Crippen LogP contribution in [0.1, 0.15) is 174 Å². The lowest BCUT2D eigenvalue weighted by Gasteiger charge is -2.20. The maximum atomic E-state index is 4.44. The molecule has 2 atom stereocenters. The van der Waals surface area contributed by atoms with E-state index in [1.807, 2.05) is 0 Å². The summed E-state index contributed by atoms with van der Waals surface area (Å²) in [7, 11) is 2.30. The SMILES string of the molecule is C=C(CCCCCCCCCC/C=C\CCCCC)CCC(CCC)CCC(=C)CCCC1CCCN1C. The van der Waals surface area contributed by atoms with Crippen molar-refractivity contribution in [1.82, 2.24) is 4.90 Å². The normalized spacial score (nSPS) is 17.0. The Morgan fingerprint density at radius 2 is 1.24 bits per heavy atom. The number of likely N-dealkylation sites (tertiary alicyclic amines) is 1. The first-order valence-electron chi connectivity index (χ1n) is 17.2. The molecule has 0 amide bonds. The predicted molar refractivity (Wildman–Crippen MR) is 174 cm³/mol. The van der Waals surface area contributed by atoms with Gasteiger partial charge in [0.15, 0.2) is 0 Å². The van der Waals surface area contributed by atoms with Crippen LogP contribution in [0, 0.1) is 5.92 Å². The minimum absolute atomic E-state index is 0.837. The summed E-state index contributed by atoms with van der Waals surface area (Å²) in [4.78, 5) is 2.56. The maximum absolute atomic E-state index is 4.44. The number of nitrogens with zero attached hydrogens (tertiary/aromatic N) is 1. The molecule has 38 heavy (non-hydrogen) atoms. The third-order valence-electron chi connectivity index (χ3n) is 9.04. The summed E-state index contributed by atoms with van der Waals surface area (Å²) in [5.41, 5.74) is 3.01. The van der Waals surface area contributed by atoms with Gasteiger partial charge in [-0.1, -0.05) is 115 Å². The molecular weight excluding hydrogens is 458 g/mol. The van der Waals surface area contributed by atoms with E-state index in [0.29, 0.717) is 0 Å². The fourth-order valence-electron chi connectivity index (χ4n) is 6.29. The third kappa shape index (κ3) is 20.1. The quantitative estimate of drug-likeness (QED) is 0.0758. The zero-order valence-electron chi connectivity index (χ0n) is 26.6. The molecule has 1 aliphatic rings. The smallest absolute Gasteiger partial charge is 0.00927 e. The van der Waals surface area contributed by atoms with Crippen molar-refractivity contribution in [1.29, 1.82) is 0 Å². The van der Waals surface area contributed by atoms with Gasteiger partial charge in [-0.25, -0.2) is 0 Å². The maximum Gasteiger partial charge on any atom is 0.00927 e. The van der Waals surface area contributed by atoms with Crippen molar-refractivity contribution in [2.75, 3.05) is 13.6 Å². The van der Waals surface area contributed by atoms with Crippen molar-refractivity contribution >= 4 is 0 Å². The summed E-state index contributed by atoms with van der Waals surface area (Å²) < 4.78 is 0. The van der Waals surface area contributed by atoms with E-state index in [2.05, 4.69) is 51.1 Å². The van der Waals surface area contributed by atoms with Gasteiger partial charge in [-0.15, -0.1) is 0 Å². The van der Waals surface area contributed by atoms with Crippen molar-refractivity contribution in [2.24, 2.45) is 5.92 Å². The van der Waals surface area contributed by atoms with Crippen LogP contribution in [0.2, 0.25) is 0 Å². The number of hydrogen-bond donors (Lipinski definition) is 0. The molecule has 0 radical (unpaired) electrons. The van der Waals surface area contributed by atoms with E-state index in [0.717, 1.165) is 12.0 Å². The van der Waals surface area contributed by atoms with E-state index in [1.165, 1.54) is 178 Å². The molecule has 0 aromatic carbocycles. The Kier molecular flexibility index (Phi) is 23.3. The summed E-state index contributed by atoms with van der Waals surface area (Å²) in [6, 6.07) is 0.837. The average molecular weight is 528 g/mol. The Balaban J connectivity index is 1.97. The van der Waals surface area contributed by atoms with Crippen LogP contribution in [-0.4, -0.2) is 24.5 Å². The van der Waals surface area contributed by atoms with Crippen molar-refractivity contribution < 1.29 is 0 Å². The van der Waals surface area contributed by atoms with Crippen LogP contribution in [0.4, 0.5) is 0 Å². The molecule has 0 N–H and O–H groups in total. The van der Waals surface area contributed by atoms with Crippen LogP contribution in [0.3, 0.4) is 0 Å². The molecule has 0 aliphatic carbocycles. The van der Waals surface area contributed by atoms with Gasteiger partial charge in [-0.2, -0.15) is 0 Å². The molecule has 2 unspecified atom stereocenters. The highest BCUT2D eigenvalue weighted by atomic mass is 15.1. The van der Waals surface area contributed by atoms with Gasteiger partial charge < -0.3 is 4.90 Å². The Labute approximate surface area is 241 Å². The minimum Gasteiger partial charge on any atom is -0.303 e. The summed E-state index contributed by atoms with van der Waals surface area (Å²) in [5, 5.41) is 0. The van der Waals surface area contributed by atoms with Crippen molar-refractivity contribution in [2.45, 2.75) is 180 Å². The molecule has 0 spiro atoms. The van der Waals surface area contributed by atoms with E-state index in [1.54, 1.807) is 0 Å². The second kappa shape index (κ2) is 25.2. The summed E-state index contributed by atoms with van der Waals surface area (Å²) in [6.45, 7) is 14.8. The van der Waals surface area contributed by atoms with E-state index in [4.69, 9.17) is 0 Å². The highest BCUT2D eigenvalue weighted by molar-refractivity contribution is 4.97. The minimum atomic E-state index is 0.837. The van der Waals surface area contributed by atoms with Crippen LogP contribution >= 0.6 is 0 Å². The summed E-state index contributed by atoms with van der Waals surface area (Å²) in [5.74, 6) is 0.867. The van der Waals surface area contributed by atoms with Crippen LogP contribution in [-0.2, 0) is 0 Å². The molecule has 222 valence electrons. The highest BCUT2D eigenvalue weighted by Gasteiger charge is 2.20. The van der Waals surface area contributed by atoms with Gasteiger partial charge in [0.25, 0.3) is 0 Å². The zero-order valence-corrected chi connectivity index (χ0v) is 26.6. The van der Waals surface area contributed by atoms with Crippen LogP contribution < -0.4 is 0 Å². The Bertz CT molecular complexity index is 588. The number of rotatable bonds is 27. The lowest BCUT2D eigenvalue weighted by Crippen LogP contribution is -2.24. The number of unbranched alkanes of at least 4 members (excludes halogenated alkanes) is 11. The molecule has 1 aliphatic heterocycles. The Hall–Kier alpha value is -0.820. The zero-order chi connectivity index (χ0) is 27.7. The Morgan fingerprint density at radius 1 is 0.684 bits per heavy atom. The monoisotopic (exact) mass is 528 g/mol. The van der Waals surface area contributed by atoms with Gasteiger partial charge in [0.05, 0.1) is 0 Å². The van der Waals surface area contributed by atoms with Crippen molar-refractivity contribution in [3.05, 3.63) is 36.5 Å². The molecule has 1 saturated heterocycles. The molecule has 0 aromatic rings. The van der Waals surface area contributed by atoms with Crippen LogP contribution in [0.5, 0.6) is 0 Å². The molecule has 1 heteroatoms. The molecule has 1 fully saturated rings. The largest absolute Gasteiger partial charge is 0.303 e. The van der Waals surface area contributed by atoms with E-state index >= 15 is 0 Å². The van der Waals surface area contributed by atoms with Crippen molar-refractivity contribution in [3.63, 3.8) is 0 Å². The van der Waals surface area contributed by atoms with Gasteiger partial charge in [0.1, 0.15) is 0 Å². The molecule has 0 aromatic heterocycles. The first kappa shape index (κ1) is 35.2. The standard InChI is InChI=1S/C37H69N/c1-6-8-9-10-11-12-13-14-15-16-17-18-19-20-21-25-34(3)29-31-36(24-7-2)32-30-35(4)26-22-27-37-28-23-33-38(37)5/h11-12,36-37H,3-4,6-10,13-33H2,1-2,5H3/b12-11-. The fourth-order valence-corrected chi connectivity index (χ4v) is 6.29. The first-order chi connectivity index (χ1) is 18.6. The van der Waals surface area contributed by atoms with E-state index in [9.17, 15) is 0 Å². The second-order valence-electron chi connectivity index (χ2n) is 12.7. The van der Waals surface area contributed by atoms with Crippen molar-refractivity contribution in [3.8, 4) is 0 Å². The lowest BCUT2D eigenvalue weighted by molar-refractivity contribution is 0.291. The van der Waals surface area contributed by atoms with Crippen LogP contribution in [0.15, 0.2) is 36.5 Å². The van der Waals surface area contributed by atoms with E-state index < -0.39 is 0 Å². The number of hydrogen-bond acceptors (Lipinski definition) is 1. The molecule has 1 nitrogen and oxygen atoms in total. The van der Waals surface area contributed by atoms with Gasteiger partial charge in [0.2, 0.25) is 0 Å². The second-order valence-corrected chi connectivity index (χ2v) is 12.7.